The summed E-state index contributed by atoms with van der Waals surface area (Å²) in [6, 6.07) is 16.2. The number of benzene rings is 3. The van der Waals surface area contributed by atoms with Crippen LogP contribution in [-0.4, -0.2) is 31.8 Å². The van der Waals surface area contributed by atoms with Gasteiger partial charge in [-0.3, -0.25) is 0 Å². The summed E-state index contributed by atoms with van der Waals surface area (Å²) < 4.78 is 11.5. The van der Waals surface area contributed by atoms with Crippen LogP contribution >= 0.6 is 0 Å². The predicted molar refractivity (Wildman–Crippen MR) is 162 cm³/mol. The first-order valence-electron chi connectivity index (χ1n) is 15.3. The van der Waals surface area contributed by atoms with Crippen LogP contribution in [0.25, 0.3) is 11.1 Å². The first-order chi connectivity index (χ1) is 20.3. The maximum atomic E-state index is 14.0. The van der Waals surface area contributed by atoms with E-state index in [2.05, 4.69) is 47.1 Å². The fourth-order valence-electron chi connectivity index (χ4n) is 9.03. The lowest BCUT2D eigenvalue weighted by molar-refractivity contribution is -0.101. The Hall–Kier alpha value is -4.00. The summed E-state index contributed by atoms with van der Waals surface area (Å²) in [6.07, 6.45) is 5.90. The first-order valence-corrected chi connectivity index (χ1v) is 15.3. The molecule has 3 aromatic carbocycles. The molecule has 0 aromatic heterocycles. The van der Waals surface area contributed by atoms with Crippen molar-refractivity contribution in [2.45, 2.75) is 58.2 Å². The van der Waals surface area contributed by atoms with Gasteiger partial charge in [0.15, 0.2) is 0 Å². The standard InChI is InChI=1S/C35H37N3O4/c1-19-3-5-30-25(7-19)16-37-18-38(30)17-26-13-22(4-6-31(26)37)32-28(34(39)41-2)14-27(36)15-29(32)35(40)42-33-23-9-20-8-21(11-23)12-24(33)10-20/h3-7,13-15,20-21,23-24,33H,8-12,16-18,36H2,1-2H3. The molecule has 0 atom stereocenters. The number of carbonyl (C=O) groups is 2. The van der Waals surface area contributed by atoms with E-state index in [0.29, 0.717) is 28.7 Å². The molecule has 2 heterocycles. The number of esters is 2. The van der Waals surface area contributed by atoms with Crippen molar-refractivity contribution in [2.24, 2.45) is 23.7 Å². The van der Waals surface area contributed by atoms with E-state index in [-0.39, 0.29) is 11.7 Å². The van der Waals surface area contributed by atoms with Gasteiger partial charge in [-0.25, -0.2) is 9.59 Å². The number of carbonyl (C=O) groups excluding carboxylic acids is 2. The Bertz CT molecular complexity index is 1600. The van der Waals surface area contributed by atoms with E-state index in [1.807, 2.05) is 6.07 Å². The number of methoxy groups -OCH3 is 1. The van der Waals surface area contributed by atoms with Gasteiger partial charge in [-0.1, -0.05) is 23.8 Å². The molecule has 4 saturated carbocycles. The van der Waals surface area contributed by atoms with Gasteiger partial charge in [0.2, 0.25) is 0 Å². The molecule has 0 unspecified atom stereocenters. The lowest BCUT2D eigenvalue weighted by atomic mass is 9.55. The highest BCUT2D eigenvalue weighted by Crippen LogP contribution is 2.55. The monoisotopic (exact) mass is 563 g/mol. The number of hydrogen-bond acceptors (Lipinski definition) is 7. The van der Waals surface area contributed by atoms with Crippen molar-refractivity contribution in [2.75, 3.05) is 29.3 Å². The number of hydrogen-bond donors (Lipinski definition) is 1. The molecule has 7 nitrogen and oxygen atoms in total. The molecule has 6 bridgehead atoms. The van der Waals surface area contributed by atoms with E-state index >= 15 is 0 Å². The summed E-state index contributed by atoms with van der Waals surface area (Å²) in [7, 11) is 1.36. The summed E-state index contributed by atoms with van der Waals surface area (Å²) in [5, 5.41) is 0. The predicted octanol–water partition coefficient (Wildman–Crippen LogP) is 6.31. The van der Waals surface area contributed by atoms with Crippen molar-refractivity contribution in [1.29, 1.82) is 0 Å². The molecule has 42 heavy (non-hydrogen) atoms. The van der Waals surface area contributed by atoms with Crippen molar-refractivity contribution in [3.8, 4) is 11.1 Å². The van der Waals surface area contributed by atoms with Crippen molar-refractivity contribution < 1.29 is 19.1 Å². The van der Waals surface area contributed by atoms with Crippen LogP contribution in [0, 0.1) is 30.6 Å². The normalized spacial score (nSPS) is 26.5. The van der Waals surface area contributed by atoms with Crippen LogP contribution in [0.1, 0.15) is 69.5 Å². The molecule has 0 saturated heterocycles. The Balaban J connectivity index is 1.18. The van der Waals surface area contributed by atoms with E-state index in [1.54, 1.807) is 12.1 Å². The number of nitrogens with two attached hydrogens (primary N) is 1. The van der Waals surface area contributed by atoms with Gasteiger partial charge < -0.3 is 25.0 Å². The number of fused-ring (bicyclic) bond motifs is 6. The van der Waals surface area contributed by atoms with E-state index < -0.39 is 11.9 Å². The second kappa shape index (κ2) is 9.51. The summed E-state index contributed by atoms with van der Waals surface area (Å²) in [5.74, 6) is 1.53. The van der Waals surface area contributed by atoms with Crippen LogP contribution in [-0.2, 0) is 22.6 Å². The van der Waals surface area contributed by atoms with Crippen LogP contribution in [0.4, 0.5) is 17.1 Å². The van der Waals surface area contributed by atoms with E-state index in [1.165, 1.54) is 36.0 Å². The Morgan fingerprint density at radius 1 is 0.786 bits per heavy atom. The van der Waals surface area contributed by atoms with Crippen LogP contribution < -0.4 is 15.5 Å². The summed E-state index contributed by atoms with van der Waals surface area (Å²) in [6.45, 7) is 4.55. The third kappa shape index (κ3) is 4.08. The lowest BCUT2D eigenvalue weighted by Gasteiger charge is -2.53. The Morgan fingerprint density at radius 3 is 2.02 bits per heavy atom. The van der Waals surface area contributed by atoms with Gasteiger partial charge in [-0.05, 0) is 110 Å². The highest BCUT2D eigenvalue weighted by atomic mass is 16.5. The molecule has 6 aliphatic rings. The number of nitrogens with zero attached hydrogens (tertiary/aromatic N) is 2. The molecule has 3 aromatic rings. The summed E-state index contributed by atoms with van der Waals surface area (Å²) in [5.41, 5.74) is 14.7. The lowest BCUT2D eigenvalue weighted by Crippen LogP contribution is -2.50. The largest absolute Gasteiger partial charge is 0.465 e. The van der Waals surface area contributed by atoms with Gasteiger partial charge in [0.1, 0.15) is 6.10 Å². The Labute approximate surface area is 246 Å². The molecule has 0 spiro atoms. The average molecular weight is 564 g/mol. The zero-order chi connectivity index (χ0) is 28.7. The van der Waals surface area contributed by atoms with Gasteiger partial charge in [0, 0.05) is 35.7 Å². The zero-order valence-electron chi connectivity index (χ0n) is 24.3. The summed E-state index contributed by atoms with van der Waals surface area (Å²) in [4.78, 5) is 31.9. The molecule has 216 valence electrons. The van der Waals surface area contributed by atoms with Crippen LogP contribution in [0.3, 0.4) is 0 Å². The molecular formula is C35H37N3O4. The fraction of sp³-hybridized carbons (Fsp3) is 0.429. The van der Waals surface area contributed by atoms with Crippen molar-refractivity contribution >= 4 is 29.0 Å². The van der Waals surface area contributed by atoms with Crippen LogP contribution in [0.5, 0.6) is 0 Å². The number of ether oxygens (including phenoxy) is 2. The Morgan fingerprint density at radius 2 is 1.38 bits per heavy atom. The van der Waals surface area contributed by atoms with Gasteiger partial charge >= 0.3 is 11.9 Å². The quantitative estimate of drug-likeness (QED) is 0.294. The minimum Gasteiger partial charge on any atom is -0.465 e. The summed E-state index contributed by atoms with van der Waals surface area (Å²) >= 11 is 0. The van der Waals surface area contributed by atoms with Gasteiger partial charge in [0.05, 0.1) is 24.9 Å². The van der Waals surface area contributed by atoms with Crippen molar-refractivity contribution in [3.63, 3.8) is 0 Å². The molecule has 9 rings (SSSR count). The molecule has 2 aliphatic heterocycles. The number of aryl methyl sites for hydroxylation is 1. The second-order valence-corrected chi connectivity index (χ2v) is 13.3. The third-order valence-electron chi connectivity index (χ3n) is 10.5. The third-order valence-corrected chi connectivity index (χ3v) is 10.5. The molecule has 0 radical (unpaired) electrons. The maximum absolute atomic E-state index is 14.0. The first kappa shape index (κ1) is 25.7. The van der Waals surface area contributed by atoms with Crippen molar-refractivity contribution in [1.82, 2.24) is 0 Å². The zero-order valence-corrected chi connectivity index (χ0v) is 24.3. The highest BCUT2D eigenvalue weighted by molar-refractivity contribution is 6.07. The second-order valence-electron chi connectivity index (χ2n) is 13.3. The van der Waals surface area contributed by atoms with Gasteiger partial charge in [-0.2, -0.15) is 0 Å². The molecule has 7 heteroatoms. The average Bonchev–Trinajstić information content (AvgIpc) is 2.97. The van der Waals surface area contributed by atoms with E-state index in [0.717, 1.165) is 68.4 Å². The van der Waals surface area contributed by atoms with E-state index in [9.17, 15) is 9.59 Å². The smallest absolute Gasteiger partial charge is 0.339 e. The molecule has 0 amide bonds. The SMILES string of the molecule is COC(=O)c1cc(N)cc(C(=O)OC2C3CC4CC(C3)CC2C4)c1-c1ccc2c(c1)CN1CN2Cc2cc(C)ccc21. The molecule has 4 fully saturated rings. The van der Waals surface area contributed by atoms with Crippen LogP contribution in [0.15, 0.2) is 48.5 Å². The topological polar surface area (TPSA) is 85.1 Å². The molecule has 2 N–H and O–H groups in total. The maximum Gasteiger partial charge on any atom is 0.339 e. The number of anilines is 3. The molecule has 4 aliphatic carbocycles. The Kier molecular flexibility index (Phi) is 5.82. The minimum atomic E-state index is -0.521. The minimum absolute atomic E-state index is 0.0617. The van der Waals surface area contributed by atoms with Crippen LogP contribution in [0.2, 0.25) is 0 Å². The van der Waals surface area contributed by atoms with Crippen molar-refractivity contribution in [3.05, 3.63) is 76.3 Å². The fourth-order valence-corrected chi connectivity index (χ4v) is 9.03. The van der Waals surface area contributed by atoms with Gasteiger partial charge in [0.25, 0.3) is 0 Å². The molecular weight excluding hydrogens is 526 g/mol. The van der Waals surface area contributed by atoms with Gasteiger partial charge in [-0.15, -0.1) is 0 Å². The number of rotatable bonds is 4. The number of nitrogen functional groups attached to an aromatic ring is 1. The highest BCUT2D eigenvalue weighted by Gasteiger charge is 2.50. The van der Waals surface area contributed by atoms with E-state index in [4.69, 9.17) is 15.2 Å².